The molecule has 7 heteroatoms. The van der Waals surface area contributed by atoms with E-state index in [1.54, 1.807) is 11.3 Å². The molecule has 0 aliphatic rings. The van der Waals surface area contributed by atoms with E-state index in [0.717, 1.165) is 22.1 Å². The van der Waals surface area contributed by atoms with Crippen molar-refractivity contribution in [1.29, 1.82) is 0 Å². The minimum atomic E-state index is -0.0278. The van der Waals surface area contributed by atoms with Crippen molar-refractivity contribution in [3.05, 3.63) is 64.9 Å². The van der Waals surface area contributed by atoms with Crippen LogP contribution in [0.2, 0.25) is 0 Å². The van der Waals surface area contributed by atoms with Crippen LogP contribution in [0.15, 0.2) is 59.6 Å². The molecule has 26 heavy (non-hydrogen) atoms. The molecule has 0 spiro atoms. The number of carbonyl (C=O) groups is 1. The van der Waals surface area contributed by atoms with Crippen LogP contribution in [0.25, 0.3) is 11.4 Å². The molecule has 134 valence electrons. The van der Waals surface area contributed by atoms with Crippen LogP contribution in [-0.2, 0) is 17.9 Å². The van der Waals surface area contributed by atoms with E-state index in [1.807, 2.05) is 41.0 Å². The molecule has 0 aliphatic carbocycles. The van der Waals surface area contributed by atoms with Crippen molar-refractivity contribution in [2.75, 3.05) is 5.75 Å². The summed E-state index contributed by atoms with van der Waals surface area (Å²) in [6, 6.07) is 11.9. The van der Waals surface area contributed by atoms with E-state index in [1.165, 1.54) is 16.6 Å². The number of nitrogens with one attached hydrogen (secondary N) is 1. The van der Waals surface area contributed by atoms with Crippen LogP contribution in [0, 0.1) is 6.92 Å². The molecule has 0 bridgehead atoms. The first-order valence-corrected chi connectivity index (χ1v) is 10.1. The molecular formula is C19H20N4OS2. The molecule has 0 atom stereocenters. The van der Waals surface area contributed by atoms with Crippen molar-refractivity contribution in [3.63, 3.8) is 0 Å². The average molecular weight is 385 g/mol. The summed E-state index contributed by atoms with van der Waals surface area (Å²) in [6.07, 6.45) is 1.81. The summed E-state index contributed by atoms with van der Waals surface area (Å²) < 4.78 is 1.99. The smallest absolute Gasteiger partial charge is 0.230 e. The normalized spacial score (nSPS) is 10.7. The van der Waals surface area contributed by atoms with Crippen LogP contribution in [0.3, 0.4) is 0 Å². The molecule has 2 aromatic heterocycles. The number of thiophene rings is 1. The number of aryl methyl sites for hydroxylation is 1. The monoisotopic (exact) mass is 384 g/mol. The zero-order chi connectivity index (χ0) is 18.4. The number of amides is 1. The van der Waals surface area contributed by atoms with Gasteiger partial charge in [0, 0.05) is 28.9 Å². The van der Waals surface area contributed by atoms with Gasteiger partial charge < -0.3 is 5.32 Å². The Morgan fingerprint density at radius 2 is 2.15 bits per heavy atom. The van der Waals surface area contributed by atoms with E-state index < -0.39 is 0 Å². The Hall–Kier alpha value is -2.38. The van der Waals surface area contributed by atoms with Crippen molar-refractivity contribution in [2.24, 2.45) is 0 Å². The summed E-state index contributed by atoms with van der Waals surface area (Å²) >= 11 is 3.07. The lowest BCUT2D eigenvalue weighted by atomic mass is 10.2. The summed E-state index contributed by atoms with van der Waals surface area (Å²) in [5, 5.41) is 14.3. The van der Waals surface area contributed by atoms with E-state index in [0.29, 0.717) is 18.8 Å². The number of allylic oxidation sites excluding steroid dienone is 1. The second-order valence-electron chi connectivity index (χ2n) is 5.70. The minimum absolute atomic E-state index is 0.0278. The van der Waals surface area contributed by atoms with Crippen LogP contribution in [-0.4, -0.2) is 26.4 Å². The molecule has 3 rings (SSSR count). The van der Waals surface area contributed by atoms with Crippen molar-refractivity contribution in [3.8, 4) is 11.4 Å². The standard InChI is InChI=1S/C19H20N4OS2/c1-3-9-23-18(16-10-14(2)25-12-16)21-22-19(23)26-13-17(24)20-11-15-7-5-4-6-8-15/h3-8,10,12H,1,9,11,13H2,2H3,(H,20,24). The number of aromatic nitrogens is 3. The van der Waals surface area contributed by atoms with E-state index in [9.17, 15) is 4.79 Å². The second kappa shape index (κ2) is 8.82. The van der Waals surface area contributed by atoms with Gasteiger partial charge >= 0.3 is 0 Å². The van der Waals surface area contributed by atoms with Gasteiger partial charge in [-0.05, 0) is 18.6 Å². The Balaban J connectivity index is 1.63. The molecular weight excluding hydrogens is 364 g/mol. The maximum absolute atomic E-state index is 12.1. The summed E-state index contributed by atoms with van der Waals surface area (Å²) in [5.41, 5.74) is 2.12. The van der Waals surface area contributed by atoms with Crippen LogP contribution in [0.1, 0.15) is 10.4 Å². The van der Waals surface area contributed by atoms with Crippen LogP contribution in [0.4, 0.5) is 0 Å². The molecule has 0 radical (unpaired) electrons. The first-order valence-electron chi connectivity index (χ1n) is 8.20. The molecule has 2 heterocycles. The van der Waals surface area contributed by atoms with Gasteiger partial charge in [0.15, 0.2) is 11.0 Å². The number of hydrogen-bond donors (Lipinski definition) is 1. The molecule has 0 fully saturated rings. The van der Waals surface area contributed by atoms with Gasteiger partial charge in [0.05, 0.1) is 5.75 Å². The zero-order valence-corrected chi connectivity index (χ0v) is 16.1. The number of nitrogens with zero attached hydrogens (tertiary/aromatic N) is 3. The highest BCUT2D eigenvalue weighted by Crippen LogP contribution is 2.27. The van der Waals surface area contributed by atoms with Gasteiger partial charge in [0.25, 0.3) is 0 Å². The maximum atomic E-state index is 12.1. The van der Waals surface area contributed by atoms with Crippen molar-refractivity contribution < 1.29 is 4.79 Å². The molecule has 0 unspecified atom stereocenters. The Morgan fingerprint density at radius 3 is 2.85 bits per heavy atom. The third-order valence-electron chi connectivity index (χ3n) is 3.68. The fourth-order valence-corrected chi connectivity index (χ4v) is 3.90. The maximum Gasteiger partial charge on any atom is 0.230 e. The summed E-state index contributed by atoms with van der Waals surface area (Å²) in [6.45, 7) is 7.01. The fourth-order valence-electron chi connectivity index (χ4n) is 2.44. The molecule has 0 saturated carbocycles. The molecule has 0 aliphatic heterocycles. The molecule has 5 nitrogen and oxygen atoms in total. The average Bonchev–Trinajstić information content (AvgIpc) is 3.25. The summed E-state index contributed by atoms with van der Waals surface area (Å²) in [4.78, 5) is 13.4. The minimum Gasteiger partial charge on any atom is -0.351 e. The van der Waals surface area contributed by atoms with Gasteiger partial charge in [-0.1, -0.05) is 48.2 Å². The van der Waals surface area contributed by atoms with Gasteiger partial charge in [-0.15, -0.1) is 28.1 Å². The lowest BCUT2D eigenvalue weighted by Gasteiger charge is -2.07. The predicted octanol–water partition coefficient (Wildman–Crippen LogP) is 3.91. The summed E-state index contributed by atoms with van der Waals surface area (Å²) in [7, 11) is 0. The van der Waals surface area contributed by atoms with Gasteiger partial charge in [-0.25, -0.2) is 0 Å². The van der Waals surface area contributed by atoms with Crippen molar-refractivity contribution in [2.45, 2.75) is 25.2 Å². The van der Waals surface area contributed by atoms with E-state index in [4.69, 9.17) is 0 Å². The zero-order valence-electron chi connectivity index (χ0n) is 14.5. The Bertz CT molecular complexity index is 886. The highest BCUT2D eigenvalue weighted by molar-refractivity contribution is 7.99. The lowest BCUT2D eigenvalue weighted by Crippen LogP contribution is -2.24. The first-order chi connectivity index (χ1) is 12.7. The largest absolute Gasteiger partial charge is 0.351 e. The molecule has 0 saturated heterocycles. The number of hydrogen-bond acceptors (Lipinski definition) is 5. The quantitative estimate of drug-likeness (QED) is 0.472. The molecule has 1 N–H and O–H groups in total. The number of benzene rings is 1. The van der Waals surface area contributed by atoms with Crippen LogP contribution < -0.4 is 5.32 Å². The van der Waals surface area contributed by atoms with Gasteiger partial charge in [0.1, 0.15) is 0 Å². The van der Waals surface area contributed by atoms with Gasteiger partial charge in [-0.2, -0.15) is 0 Å². The number of rotatable bonds is 8. The third kappa shape index (κ3) is 4.62. The molecule has 3 aromatic rings. The topological polar surface area (TPSA) is 59.8 Å². The van der Waals surface area contributed by atoms with Crippen LogP contribution in [0.5, 0.6) is 0 Å². The third-order valence-corrected chi connectivity index (χ3v) is 5.51. The van der Waals surface area contributed by atoms with Gasteiger partial charge in [-0.3, -0.25) is 9.36 Å². The van der Waals surface area contributed by atoms with E-state index in [2.05, 4.69) is 40.5 Å². The SMILES string of the molecule is C=CCn1c(SCC(=O)NCc2ccccc2)nnc1-c1csc(C)c1. The predicted molar refractivity (Wildman–Crippen MR) is 107 cm³/mol. The van der Waals surface area contributed by atoms with Crippen molar-refractivity contribution >= 4 is 29.0 Å². The highest BCUT2D eigenvalue weighted by Gasteiger charge is 2.15. The molecule has 1 aromatic carbocycles. The fraction of sp³-hybridized carbons (Fsp3) is 0.211. The molecule has 1 amide bonds. The van der Waals surface area contributed by atoms with Crippen molar-refractivity contribution in [1.82, 2.24) is 20.1 Å². The Kier molecular flexibility index (Phi) is 6.25. The highest BCUT2D eigenvalue weighted by atomic mass is 32.2. The Morgan fingerprint density at radius 1 is 1.35 bits per heavy atom. The van der Waals surface area contributed by atoms with Crippen LogP contribution >= 0.6 is 23.1 Å². The second-order valence-corrected chi connectivity index (χ2v) is 7.76. The van der Waals surface area contributed by atoms with Gasteiger partial charge in [0.2, 0.25) is 5.91 Å². The number of thioether (sulfide) groups is 1. The Labute approximate surface area is 161 Å². The lowest BCUT2D eigenvalue weighted by molar-refractivity contribution is -0.118. The summed E-state index contributed by atoms with van der Waals surface area (Å²) in [5.74, 6) is 1.08. The van der Waals surface area contributed by atoms with E-state index >= 15 is 0 Å². The number of carbonyl (C=O) groups excluding carboxylic acids is 1. The first kappa shape index (κ1) is 18.4. The van der Waals surface area contributed by atoms with E-state index in [-0.39, 0.29) is 5.91 Å².